The van der Waals surface area contributed by atoms with Crippen molar-refractivity contribution >= 4 is 23.2 Å². The summed E-state index contributed by atoms with van der Waals surface area (Å²) in [7, 11) is 0. The first-order valence-electron chi connectivity index (χ1n) is 5.55. The van der Waals surface area contributed by atoms with Crippen LogP contribution in [0.5, 0.6) is 0 Å². The van der Waals surface area contributed by atoms with Crippen LogP contribution in [0.25, 0.3) is 11.5 Å². The van der Waals surface area contributed by atoms with E-state index in [-0.39, 0.29) is 21.9 Å². The zero-order valence-corrected chi connectivity index (χ0v) is 11.2. The van der Waals surface area contributed by atoms with Gasteiger partial charge < -0.3 is 4.52 Å². The van der Waals surface area contributed by atoms with E-state index in [1.807, 2.05) is 6.92 Å². The average Bonchev–Trinajstić information content (AvgIpc) is 2.78. The maximum Gasteiger partial charge on any atom is 0.262 e. The summed E-state index contributed by atoms with van der Waals surface area (Å²) in [6.45, 7) is 2.00. The molecule has 1 unspecified atom stereocenters. The van der Waals surface area contributed by atoms with Crippen molar-refractivity contribution in [3.63, 3.8) is 0 Å². The lowest BCUT2D eigenvalue weighted by molar-refractivity contribution is 0.418. The van der Waals surface area contributed by atoms with Crippen molar-refractivity contribution in [3.8, 4) is 11.5 Å². The Labute approximate surface area is 114 Å². The molecule has 0 spiro atoms. The van der Waals surface area contributed by atoms with Crippen LogP contribution in [0.15, 0.2) is 22.7 Å². The van der Waals surface area contributed by atoms with Gasteiger partial charge >= 0.3 is 0 Å². The summed E-state index contributed by atoms with van der Waals surface area (Å²) in [6.07, 6.45) is 1.63. The van der Waals surface area contributed by atoms with Gasteiger partial charge in [0.05, 0.1) is 16.0 Å². The van der Waals surface area contributed by atoms with Gasteiger partial charge in [0.25, 0.3) is 5.89 Å². The summed E-state index contributed by atoms with van der Waals surface area (Å²) in [5.74, 6) is -0.0954. The van der Waals surface area contributed by atoms with E-state index >= 15 is 0 Å². The van der Waals surface area contributed by atoms with Crippen molar-refractivity contribution in [1.82, 2.24) is 10.1 Å². The van der Waals surface area contributed by atoms with Crippen molar-refractivity contribution in [2.24, 2.45) is 0 Å². The summed E-state index contributed by atoms with van der Waals surface area (Å²) in [5.41, 5.74) is 0.110. The van der Waals surface area contributed by atoms with E-state index in [1.54, 1.807) is 6.07 Å². The van der Waals surface area contributed by atoms with Crippen LogP contribution in [-0.2, 0) is 0 Å². The third-order valence-corrected chi connectivity index (χ3v) is 3.17. The van der Waals surface area contributed by atoms with Gasteiger partial charge in [-0.3, -0.25) is 0 Å². The monoisotopic (exact) mass is 288 g/mol. The highest BCUT2D eigenvalue weighted by Crippen LogP contribution is 2.31. The highest BCUT2D eigenvalue weighted by Gasteiger charge is 2.19. The standard InChI is InChI=1S/C12H11Cl2FN2O/c1-2-4-8(14)11-16-12(18-17-11)10-7(13)5-3-6-9(10)15/h3,5-6,8H,2,4H2,1H3. The minimum Gasteiger partial charge on any atom is -0.334 e. The number of hydrogen-bond acceptors (Lipinski definition) is 3. The van der Waals surface area contributed by atoms with Crippen molar-refractivity contribution in [2.75, 3.05) is 0 Å². The third-order valence-electron chi connectivity index (χ3n) is 2.44. The van der Waals surface area contributed by atoms with Crippen molar-refractivity contribution in [2.45, 2.75) is 25.1 Å². The van der Waals surface area contributed by atoms with Gasteiger partial charge in [-0.25, -0.2) is 4.39 Å². The fourth-order valence-electron chi connectivity index (χ4n) is 1.55. The molecule has 1 aromatic carbocycles. The van der Waals surface area contributed by atoms with Gasteiger partial charge in [0, 0.05) is 0 Å². The second-order valence-corrected chi connectivity index (χ2v) is 4.74. The Bertz CT molecular complexity index is 524. The van der Waals surface area contributed by atoms with Crippen LogP contribution >= 0.6 is 23.2 Å². The minimum atomic E-state index is -0.501. The first kappa shape index (κ1) is 13.3. The van der Waals surface area contributed by atoms with Crippen LogP contribution < -0.4 is 0 Å². The molecule has 2 rings (SSSR count). The molecule has 0 saturated carbocycles. The van der Waals surface area contributed by atoms with E-state index in [4.69, 9.17) is 27.7 Å². The lowest BCUT2D eigenvalue weighted by atomic mass is 10.2. The molecule has 0 N–H and O–H groups in total. The molecule has 0 saturated heterocycles. The first-order valence-corrected chi connectivity index (χ1v) is 6.37. The van der Waals surface area contributed by atoms with E-state index < -0.39 is 5.82 Å². The van der Waals surface area contributed by atoms with Crippen LogP contribution in [-0.4, -0.2) is 10.1 Å². The van der Waals surface area contributed by atoms with Gasteiger partial charge in [0.1, 0.15) is 5.82 Å². The van der Waals surface area contributed by atoms with E-state index in [9.17, 15) is 4.39 Å². The molecule has 0 aliphatic rings. The molecule has 1 aromatic heterocycles. The van der Waals surface area contributed by atoms with Crippen molar-refractivity contribution in [3.05, 3.63) is 34.9 Å². The number of alkyl halides is 1. The Morgan fingerprint density at radius 3 is 2.89 bits per heavy atom. The normalized spacial score (nSPS) is 12.7. The van der Waals surface area contributed by atoms with Gasteiger partial charge in [0.15, 0.2) is 5.82 Å². The number of nitrogens with zero attached hydrogens (tertiary/aromatic N) is 2. The maximum absolute atomic E-state index is 13.6. The molecule has 3 nitrogen and oxygen atoms in total. The smallest absolute Gasteiger partial charge is 0.262 e. The minimum absolute atomic E-state index is 0.0508. The molecule has 0 amide bonds. The summed E-state index contributed by atoms with van der Waals surface area (Å²) in [6, 6.07) is 4.36. The second-order valence-electron chi connectivity index (χ2n) is 3.81. The zero-order valence-electron chi connectivity index (χ0n) is 9.66. The van der Waals surface area contributed by atoms with E-state index in [1.165, 1.54) is 12.1 Å². The number of rotatable bonds is 4. The van der Waals surface area contributed by atoms with Gasteiger partial charge in [-0.1, -0.05) is 36.2 Å². The Hall–Kier alpha value is -1.13. The van der Waals surface area contributed by atoms with Gasteiger partial charge in [-0.15, -0.1) is 11.6 Å². The van der Waals surface area contributed by atoms with Crippen LogP contribution in [0.2, 0.25) is 5.02 Å². The summed E-state index contributed by atoms with van der Waals surface area (Å²) in [4.78, 5) is 4.09. The molecule has 0 radical (unpaired) electrons. The Morgan fingerprint density at radius 2 is 2.22 bits per heavy atom. The molecule has 0 aliphatic carbocycles. The number of hydrogen-bond donors (Lipinski definition) is 0. The first-order chi connectivity index (χ1) is 8.63. The molecule has 1 atom stereocenters. The van der Waals surface area contributed by atoms with E-state index in [0.717, 1.165) is 12.8 Å². The molecule has 1 heterocycles. The Balaban J connectivity index is 2.35. The highest BCUT2D eigenvalue weighted by atomic mass is 35.5. The van der Waals surface area contributed by atoms with Crippen molar-refractivity contribution in [1.29, 1.82) is 0 Å². The summed E-state index contributed by atoms with van der Waals surface area (Å²) in [5, 5.41) is 3.64. The van der Waals surface area contributed by atoms with Gasteiger partial charge in [-0.05, 0) is 18.6 Å². The fourth-order valence-corrected chi connectivity index (χ4v) is 2.10. The van der Waals surface area contributed by atoms with Crippen LogP contribution in [0.4, 0.5) is 4.39 Å². The topological polar surface area (TPSA) is 38.9 Å². The molecule has 96 valence electrons. The van der Waals surface area contributed by atoms with Crippen molar-refractivity contribution < 1.29 is 8.91 Å². The fraction of sp³-hybridized carbons (Fsp3) is 0.333. The molecule has 0 aliphatic heterocycles. The average molecular weight is 289 g/mol. The lowest BCUT2D eigenvalue weighted by Gasteiger charge is -2.00. The maximum atomic E-state index is 13.6. The van der Waals surface area contributed by atoms with Crippen LogP contribution in [0.3, 0.4) is 0 Å². The SMILES string of the molecule is CCCC(Cl)c1noc(-c2c(F)cccc2Cl)n1. The molecule has 0 bridgehead atoms. The second kappa shape index (κ2) is 5.67. The Kier molecular flexibility index (Phi) is 4.19. The molecule has 6 heteroatoms. The molecule has 2 aromatic rings. The third kappa shape index (κ3) is 2.65. The Morgan fingerprint density at radius 1 is 1.44 bits per heavy atom. The van der Waals surface area contributed by atoms with Gasteiger partial charge in [-0.2, -0.15) is 4.98 Å². The summed E-state index contributed by atoms with van der Waals surface area (Å²) >= 11 is 12.0. The number of benzene rings is 1. The molecular formula is C12H11Cl2FN2O. The van der Waals surface area contributed by atoms with E-state index in [0.29, 0.717) is 5.82 Å². The largest absolute Gasteiger partial charge is 0.334 e. The van der Waals surface area contributed by atoms with E-state index in [2.05, 4.69) is 10.1 Å². The van der Waals surface area contributed by atoms with Crippen LogP contribution in [0.1, 0.15) is 31.0 Å². The van der Waals surface area contributed by atoms with Gasteiger partial charge in [0.2, 0.25) is 0 Å². The number of aromatic nitrogens is 2. The molecule has 18 heavy (non-hydrogen) atoms. The molecule has 0 fully saturated rings. The lowest BCUT2D eigenvalue weighted by Crippen LogP contribution is -1.93. The number of halogens is 3. The summed E-state index contributed by atoms with van der Waals surface area (Å²) < 4.78 is 18.7. The zero-order chi connectivity index (χ0) is 13.1. The quantitative estimate of drug-likeness (QED) is 0.771. The predicted molar refractivity (Wildman–Crippen MR) is 68.2 cm³/mol. The predicted octanol–water partition coefficient (Wildman–Crippen LogP) is 4.61. The highest BCUT2D eigenvalue weighted by molar-refractivity contribution is 6.33. The van der Waals surface area contributed by atoms with Crippen LogP contribution in [0, 0.1) is 5.82 Å². The molecular weight excluding hydrogens is 278 g/mol.